The average molecular weight is 290 g/mol. The van der Waals surface area contributed by atoms with Crippen molar-refractivity contribution in [2.75, 3.05) is 19.6 Å². The molecule has 5 N–H and O–H groups in total. The van der Waals surface area contributed by atoms with Gasteiger partial charge in [-0.3, -0.25) is 4.90 Å². The summed E-state index contributed by atoms with van der Waals surface area (Å²) in [4.78, 5) is 1.85. The van der Waals surface area contributed by atoms with E-state index < -0.39 is 18.3 Å². The number of rotatable bonds is 6. The second-order valence-electron chi connectivity index (χ2n) is 6.16. The topological polar surface area (TPSA) is 90.0 Å². The zero-order chi connectivity index (χ0) is 15.5. The Kier molecular flexibility index (Phi) is 11.3. The van der Waals surface area contributed by atoms with Crippen molar-refractivity contribution in [1.29, 1.82) is 0 Å². The molecule has 1 saturated carbocycles. The van der Waals surface area contributed by atoms with Crippen molar-refractivity contribution in [2.24, 2.45) is 5.73 Å². The van der Waals surface area contributed by atoms with Crippen LogP contribution in [0.1, 0.15) is 52.9 Å². The van der Waals surface area contributed by atoms with Crippen molar-refractivity contribution >= 4 is 0 Å². The summed E-state index contributed by atoms with van der Waals surface area (Å²) in [6.45, 7) is 6.52. The molecular weight excluding hydrogens is 256 g/mol. The summed E-state index contributed by atoms with van der Waals surface area (Å²) < 4.78 is 0. The van der Waals surface area contributed by atoms with Gasteiger partial charge in [0.25, 0.3) is 0 Å². The van der Waals surface area contributed by atoms with E-state index in [0.29, 0.717) is 25.7 Å². The lowest BCUT2D eigenvalue weighted by atomic mass is 9.97. The van der Waals surface area contributed by atoms with Crippen LogP contribution in [0.4, 0.5) is 0 Å². The highest BCUT2D eigenvalue weighted by Gasteiger charge is 2.12. The summed E-state index contributed by atoms with van der Waals surface area (Å²) in [5, 5.41) is 27.4. The number of nitrogens with two attached hydrogens (primary N) is 1. The Labute approximate surface area is 123 Å². The molecule has 3 unspecified atom stereocenters. The van der Waals surface area contributed by atoms with E-state index in [-0.39, 0.29) is 0 Å². The first-order valence-corrected chi connectivity index (χ1v) is 7.83. The molecule has 5 nitrogen and oxygen atoms in total. The zero-order valence-corrected chi connectivity index (χ0v) is 13.3. The van der Waals surface area contributed by atoms with Crippen molar-refractivity contribution < 1.29 is 15.3 Å². The van der Waals surface area contributed by atoms with E-state index in [1.807, 2.05) is 4.90 Å². The minimum absolute atomic E-state index is 0.433. The average Bonchev–Trinajstić information content (AvgIpc) is 2.27. The van der Waals surface area contributed by atoms with Crippen molar-refractivity contribution in [3.63, 3.8) is 0 Å². The lowest BCUT2D eigenvalue weighted by molar-refractivity contribution is 0.0530. The highest BCUT2D eigenvalue weighted by molar-refractivity contribution is 4.67. The predicted octanol–water partition coefficient (Wildman–Crippen LogP) is 0.709. The van der Waals surface area contributed by atoms with Gasteiger partial charge < -0.3 is 21.1 Å². The van der Waals surface area contributed by atoms with Crippen molar-refractivity contribution in [3.8, 4) is 0 Å². The maximum Gasteiger partial charge on any atom is 0.0639 e. The monoisotopic (exact) mass is 290 g/mol. The maximum atomic E-state index is 9.14. The van der Waals surface area contributed by atoms with Gasteiger partial charge in [0, 0.05) is 25.7 Å². The molecule has 0 heterocycles. The molecule has 1 fully saturated rings. The molecule has 0 amide bonds. The third kappa shape index (κ3) is 12.8. The summed E-state index contributed by atoms with van der Waals surface area (Å²) in [5.74, 6) is 0. The van der Waals surface area contributed by atoms with Gasteiger partial charge in [-0.15, -0.1) is 0 Å². The fraction of sp³-hybridized carbons (Fsp3) is 1.00. The van der Waals surface area contributed by atoms with Gasteiger partial charge in [-0.25, -0.2) is 0 Å². The van der Waals surface area contributed by atoms with Crippen LogP contribution in [0, 0.1) is 0 Å². The van der Waals surface area contributed by atoms with Crippen LogP contribution in [0.5, 0.6) is 0 Å². The molecule has 0 aromatic carbocycles. The lowest BCUT2D eigenvalue weighted by Gasteiger charge is -2.25. The van der Waals surface area contributed by atoms with Gasteiger partial charge in [0.2, 0.25) is 0 Å². The fourth-order valence-corrected chi connectivity index (χ4v) is 2.48. The number of aliphatic hydroxyl groups excluding tert-OH is 3. The Balaban J connectivity index is 0.000000428. The molecule has 0 saturated heterocycles. The molecule has 0 radical (unpaired) electrons. The Hall–Kier alpha value is -0.200. The first-order chi connectivity index (χ1) is 9.31. The summed E-state index contributed by atoms with van der Waals surface area (Å²) >= 11 is 0. The molecule has 3 atom stereocenters. The van der Waals surface area contributed by atoms with Crippen LogP contribution in [0.15, 0.2) is 0 Å². The van der Waals surface area contributed by atoms with E-state index in [2.05, 4.69) is 0 Å². The van der Waals surface area contributed by atoms with Gasteiger partial charge in [0.15, 0.2) is 0 Å². The normalized spacial score (nSPS) is 21.0. The Morgan fingerprint density at radius 3 is 1.40 bits per heavy atom. The second kappa shape index (κ2) is 11.5. The molecule has 0 bridgehead atoms. The molecule has 0 spiro atoms. The summed E-state index contributed by atoms with van der Waals surface area (Å²) in [7, 11) is 0. The Morgan fingerprint density at radius 1 is 0.850 bits per heavy atom. The van der Waals surface area contributed by atoms with E-state index >= 15 is 0 Å². The lowest BCUT2D eigenvalue weighted by Crippen LogP contribution is -2.40. The minimum Gasteiger partial charge on any atom is -0.392 e. The van der Waals surface area contributed by atoms with Crippen LogP contribution in [0.25, 0.3) is 0 Å². The van der Waals surface area contributed by atoms with Crippen LogP contribution >= 0.6 is 0 Å². The first kappa shape index (κ1) is 19.8. The van der Waals surface area contributed by atoms with Crippen LogP contribution in [-0.4, -0.2) is 64.2 Å². The van der Waals surface area contributed by atoms with Crippen LogP contribution < -0.4 is 5.73 Å². The molecule has 1 aliphatic rings. The van der Waals surface area contributed by atoms with E-state index in [1.165, 1.54) is 32.1 Å². The quantitative estimate of drug-likeness (QED) is 0.578. The van der Waals surface area contributed by atoms with Gasteiger partial charge in [-0.05, 0) is 33.6 Å². The fourth-order valence-electron chi connectivity index (χ4n) is 2.48. The molecule has 122 valence electrons. The standard InChI is InChI=1S/C9H21NO3.C6H13N/c1-7(11)4-10(5-8(2)12)6-9(3)13;7-6-4-2-1-3-5-6/h7-9,11-13H,4-6H2,1-3H3;6H,1-5,7H2. The molecule has 1 rings (SSSR count). The Morgan fingerprint density at radius 2 is 1.20 bits per heavy atom. The van der Waals surface area contributed by atoms with Crippen molar-refractivity contribution in [1.82, 2.24) is 4.90 Å². The third-order valence-electron chi connectivity index (χ3n) is 3.22. The van der Waals surface area contributed by atoms with Gasteiger partial charge in [0.1, 0.15) is 0 Å². The Bertz CT molecular complexity index is 193. The van der Waals surface area contributed by atoms with E-state index in [0.717, 1.165) is 0 Å². The number of nitrogens with zero attached hydrogens (tertiary/aromatic N) is 1. The molecule has 1 aliphatic carbocycles. The van der Waals surface area contributed by atoms with Crippen molar-refractivity contribution in [2.45, 2.75) is 77.2 Å². The predicted molar refractivity (Wildman–Crippen MR) is 82.5 cm³/mol. The number of aliphatic hydroxyl groups is 3. The van der Waals surface area contributed by atoms with Gasteiger partial charge >= 0.3 is 0 Å². The third-order valence-corrected chi connectivity index (χ3v) is 3.22. The summed E-state index contributed by atoms with van der Waals surface area (Å²) in [6.07, 6.45) is 5.36. The summed E-state index contributed by atoms with van der Waals surface area (Å²) in [5.41, 5.74) is 5.63. The van der Waals surface area contributed by atoms with E-state index in [1.54, 1.807) is 20.8 Å². The number of hydrogen-bond acceptors (Lipinski definition) is 5. The smallest absolute Gasteiger partial charge is 0.0639 e. The highest BCUT2D eigenvalue weighted by Crippen LogP contribution is 2.14. The van der Waals surface area contributed by atoms with Crippen LogP contribution in [0.2, 0.25) is 0 Å². The van der Waals surface area contributed by atoms with Crippen LogP contribution in [0.3, 0.4) is 0 Å². The largest absolute Gasteiger partial charge is 0.392 e. The highest BCUT2D eigenvalue weighted by atomic mass is 16.3. The maximum absolute atomic E-state index is 9.14. The van der Waals surface area contributed by atoms with Gasteiger partial charge in [-0.1, -0.05) is 19.3 Å². The molecule has 0 aromatic heterocycles. The molecule has 0 aliphatic heterocycles. The van der Waals surface area contributed by atoms with Gasteiger partial charge in [0.05, 0.1) is 18.3 Å². The van der Waals surface area contributed by atoms with Crippen molar-refractivity contribution in [3.05, 3.63) is 0 Å². The molecule has 5 heteroatoms. The molecule has 0 aromatic rings. The zero-order valence-electron chi connectivity index (χ0n) is 13.3. The second-order valence-corrected chi connectivity index (χ2v) is 6.16. The number of hydrogen-bond donors (Lipinski definition) is 4. The summed E-state index contributed by atoms with van der Waals surface area (Å²) in [6, 6.07) is 0.536. The van der Waals surface area contributed by atoms with Gasteiger partial charge in [-0.2, -0.15) is 0 Å². The van der Waals surface area contributed by atoms with E-state index in [4.69, 9.17) is 21.1 Å². The SMILES string of the molecule is CC(O)CN(CC(C)O)CC(C)O.NC1CCCCC1. The van der Waals surface area contributed by atoms with Crippen LogP contribution in [-0.2, 0) is 0 Å². The van der Waals surface area contributed by atoms with E-state index in [9.17, 15) is 0 Å². The first-order valence-electron chi connectivity index (χ1n) is 7.83. The molecule has 20 heavy (non-hydrogen) atoms. The minimum atomic E-state index is -0.433. The molecular formula is C15H34N2O3.